The maximum absolute atomic E-state index is 13.0. The Labute approximate surface area is 170 Å². The van der Waals surface area contributed by atoms with Crippen LogP contribution in [-0.4, -0.2) is 40.9 Å². The van der Waals surface area contributed by atoms with Gasteiger partial charge in [0, 0.05) is 26.7 Å². The van der Waals surface area contributed by atoms with Crippen LogP contribution in [0.4, 0.5) is 5.82 Å². The van der Waals surface area contributed by atoms with Gasteiger partial charge in [-0.2, -0.15) is 0 Å². The van der Waals surface area contributed by atoms with Crippen LogP contribution in [-0.2, 0) is 13.0 Å². The Bertz CT molecular complexity index is 1010. The van der Waals surface area contributed by atoms with Crippen molar-refractivity contribution in [3.05, 3.63) is 52.2 Å². The molecular weight excluding hydrogens is 368 g/mol. The van der Waals surface area contributed by atoms with Gasteiger partial charge in [0.25, 0.3) is 5.91 Å². The monoisotopic (exact) mass is 394 g/mol. The first kappa shape index (κ1) is 18.9. The third-order valence-electron chi connectivity index (χ3n) is 5.53. The predicted octanol–water partition coefficient (Wildman–Crippen LogP) is 4.43. The van der Waals surface area contributed by atoms with Gasteiger partial charge >= 0.3 is 0 Å². The lowest BCUT2D eigenvalue weighted by Gasteiger charge is -2.30. The van der Waals surface area contributed by atoms with E-state index in [-0.39, 0.29) is 5.91 Å². The SMILES string of the molecule is CCCCN(C)C(=O)c1sc2ncnc(N3CCc4ccccc4C3)c2c1C. The van der Waals surface area contributed by atoms with Gasteiger partial charge in [0.1, 0.15) is 17.0 Å². The molecule has 1 aromatic carbocycles. The zero-order chi connectivity index (χ0) is 19.7. The molecule has 1 aliphatic rings. The van der Waals surface area contributed by atoms with Crippen LogP contribution in [0.2, 0.25) is 0 Å². The number of aromatic nitrogens is 2. The molecule has 0 fully saturated rings. The lowest BCUT2D eigenvalue weighted by atomic mass is 9.99. The molecule has 0 saturated heterocycles. The first-order chi connectivity index (χ1) is 13.6. The van der Waals surface area contributed by atoms with Crippen LogP contribution in [0.3, 0.4) is 0 Å². The molecule has 146 valence electrons. The van der Waals surface area contributed by atoms with E-state index in [2.05, 4.69) is 46.1 Å². The second-order valence-corrected chi connectivity index (χ2v) is 8.45. The molecule has 5 nitrogen and oxygen atoms in total. The van der Waals surface area contributed by atoms with Crippen molar-refractivity contribution in [2.45, 2.75) is 39.7 Å². The summed E-state index contributed by atoms with van der Waals surface area (Å²) in [5.74, 6) is 1.03. The summed E-state index contributed by atoms with van der Waals surface area (Å²) in [5, 5.41) is 1.03. The van der Waals surface area contributed by atoms with Crippen LogP contribution in [0.15, 0.2) is 30.6 Å². The standard InChI is InChI=1S/C22H26N4OS/c1-4-5-11-25(3)22(27)19-15(2)18-20(23-14-24-21(18)28-19)26-12-10-16-8-6-7-9-17(16)13-26/h6-9,14H,4-5,10-13H2,1-3H3. The molecule has 0 unspecified atom stereocenters. The average molecular weight is 395 g/mol. The number of nitrogens with zero attached hydrogens (tertiary/aromatic N) is 4. The summed E-state index contributed by atoms with van der Waals surface area (Å²) in [7, 11) is 1.88. The van der Waals surface area contributed by atoms with Crippen LogP contribution < -0.4 is 4.90 Å². The van der Waals surface area contributed by atoms with Gasteiger partial charge in [0.15, 0.2) is 0 Å². The molecule has 3 heterocycles. The highest BCUT2D eigenvalue weighted by Gasteiger charge is 2.25. The highest BCUT2D eigenvalue weighted by molar-refractivity contribution is 7.20. The topological polar surface area (TPSA) is 49.3 Å². The van der Waals surface area contributed by atoms with Crippen molar-refractivity contribution in [3.63, 3.8) is 0 Å². The second kappa shape index (κ2) is 7.87. The van der Waals surface area contributed by atoms with Crippen LogP contribution in [0, 0.1) is 6.92 Å². The number of carbonyl (C=O) groups is 1. The number of thiophene rings is 1. The lowest BCUT2D eigenvalue weighted by molar-refractivity contribution is 0.0797. The fourth-order valence-corrected chi connectivity index (χ4v) is 4.98. The van der Waals surface area contributed by atoms with E-state index in [0.29, 0.717) is 0 Å². The summed E-state index contributed by atoms with van der Waals surface area (Å²) in [6.45, 7) is 6.73. The fourth-order valence-electron chi connectivity index (χ4n) is 3.84. The molecule has 0 atom stereocenters. The van der Waals surface area contributed by atoms with Crippen LogP contribution >= 0.6 is 11.3 Å². The van der Waals surface area contributed by atoms with E-state index >= 15 is 0 Å². The van der Waals surface area contributed by atoms with Gasteiger partial charge in [0.2, 0.25) is 0 Å². The van der Waals surface area contributed by atoms with E-state index < -0.39 is 0 Å². The maximum Gasteiger partial charge on any atom is 0.264 e. The third-order valence-corrected chi connectivity index (χ3v) is 6.71. The number of benzene rings is 1. The van der Waals surface area contributed by atoms with Crippen molar-refractivity contribution in [2.75, 3.05) is 25.0 Å². The molecule has 0 aliphatic carbocycles. The molecule has 0 spiro atoms. The Kier molecular flexibility index (Phi) is 5.31. The number of fused-ring (bicyclic) bond motifs is 2. The number of anilines is 1. The molecule has 2 aromatic heterocycles. The van der Waals surface area contributed by atoms with Crippen molar-refractivity contribution >= 4 is 33.3 Å². The Morgan fingerprint density at radius 2 is 2.04 bits per heavy atom. The maximum atomic E-state index is 13.0. The second-order valence-electron chi connectivity index (χ2n) is 7.45. The normalized spacial score (nSPS) is 13.6. The number of hydrogen-bond acceptors (Lipinski definition) is 5. The lowest BCUT2D eigenvalue weighted by Crippen LogP contribution is -2.31. The first-order valence-electron chi connectivity index (χ1n) is 9.91. The predicted molar refractivity (Wildman–Crippen MR) is 115 cm³/mol. The average Bonchev–Trinajstić information content (AvgIpc) is 3.07. The zero-order valence-electron chi connectivity index (χ0n) is 16.7. The molecule has 0 N–H and O–H groups in total. The summed E-state index contributed by atoms with van der Waals surface area (Å²) in [4.78, 5) is 27.9. The molecule has 1 amide bonds. The van der Waals surface area contributed by atoms with Gasteiger partial charge in [-0.1, -0.05) is 37.6 Å². The first-order valence-corrected chi connectivity index (χ1v) is 10.7. The van der Waals surface area contributed by atoms with Crippen molar-refractivity contribution < 1.29 is 4.79 Å². The molecular formula is C22H26N4OS. The Morgan fingerprint density at radius 1 is 1.25 bits per heavy atom. The van der Waals surface area contributed by atoms with Gasteiger partial charge in [-0.15, -0.1) is 11.3 Å². The minimum atomic E-state index is 0.0869. The molecule has 0 bridgehead atoms. The molecule has 6 heteroatoms. The minimum Gasteiger partial charge on any atom is -0.351 e. The van der Waals surface area contributed by atoms with Gasteiger partial charge in [-0.3, -0.25) is 4.79 Å². The zero-order valence-corrected chi connectivity index (χ0v) is 17.6. The van der Waals surface area contributed by atoms with Crippen molar-refractivity contribution in [1.82, 2.24) is 14.9 Å². The highest BCUT2D eigenvalue weighted by atomic mass is 32.1. The van der Waals surface area contributed by atoms with E-state index in [4.69, 9.17) is 0 Å². The molecule has 1 aliphatic heterocycles. The van der Waals surface area contributed by atoms with E-state index in [9.17, 15) is 4.79 Å². The number of aryl methyl sites for hydroxylation is 1. The molecule has 28 heavy (non-hydrogen) atoms. The third kappa shape index (κ3) is 3.37. The van der Waals surface area contributed by atoms with Crippen LogP contribution in [0.5, 0.6) is 0 Å². The highest BCUT2D eigenvalue weighted by Crippen LogP contribution is 2.36. The van der Waals surface area contributed by atoms with E-state index in [0.717, 1.165) is 65.4 Å². The Hall–Kier alpha value is -2.47. The smallest absolute Gasteiger partial charge is 0.264 e. The number of carbonyl (C=O) groups excluding carboxylic acids is 1. The van der Waals surface area contributed by atoms with Gasteiger partial charge < -0.3 is 9.80 Å². The molecule has 4 rings (SSSR count). The largest absolute Gasteiger partial charge is 0.351 e. The Morgan fingerprint density at radius 3 is 2.82 bits per heavy atom. The minimum absolute atomic E-state index is 0.0869. The Balaban J connectivity index is 1.70. The van der Waals surface area contributed by atoms with E-state index in [1.54, 1.807) is 6.33 Å². The number of rotatable bonds is 5. The van der Waals surface area contributed by atoms with Gasteiger partial charge in [0.05, 0.1) is 10.3 Å². The van der Waals surface area contributed by atoms with E-state index in [1.165, 1.54) is 22.5 Å². The van der Waals surface area contributed by atoms with Gasteiger partial charge in [-0.05, 0) is 36.5 Å². The van der Waals surface area contributed by atoms with Crippen LogP contribution in [0.1, 0.15) is 46.1 Å². The number of amides is 1. The summed E-state index contributed by atoms with van der Waals surface area (Å²) in [6, 6.07) is 8.60. The van der Waals surface area contributed by atoms with Crippen molar-refractivity contribution in [2.24, 2.45) is 0 Å². The van der Waals surface area contributed by atoms with E-state index in [1.807, 2.05) is 18.9 Å². The number of unbranched alkanes of at least 4 members (excludes halogenated alkanes) is 1. The fraction of sp³-hybridized carbons (Fsp3) is 0.409. The summed E-state index contributed by atoms with van der Waals surface area (Å²) >= 11 is 1.49. The molecule has 3 aromatic rings. The summed E-state index contributed by atoms with van der Waals surface area (Å²) in [6.07, 6.45) is 4.74. The van der Waals surface area contributed by atoms with Gasteiger partial charge in [-0.25, -0.2) is 9.97 Å². The molecule has 0 radical (unpaired) electrons. The number of hydrogen-bond donors (Lipinski definition) is 0. The summed E-state index contributed by atoms with van der Waals surface area (Å²) < 4.78 is 0. The molecule has 0 saturated carbocycles. The van der Waals surface area contributed by atoms with Crippen LogP contribution in [0.25, 0.3) is 10.2 Å². The van der Waals surface area contributed by atoms with Crippen molar-refractivity contribution in [1.29, 1.82) is 0 Å². The van der Waals surface area contributed by atoms with Crippen molar-refractivity contribution in [3.8, 4) is 0 Å². The quantitative estimate of drug-likeness (QED) is 0.642. The summed E-state index contributed by atoms with van der Waals surface area (Å²) in [5.41, 5.74) is 3.77.